The molecule has 2 amide bonds. The first kappa shape index (κ1) is 16.8. The van der Waals surface area contributed by atoms with Gasteiger partial charge < -0.3 is 25.3 Å². The van der Waals surface area contributed by atoms with Gasteiger partial charge in [-0.2, -0.15) is 0 Å². The molecule has 0 bridgehead atoms. The van der Waals surface area contributed by atoms with Gasteiger partial charge in [-0.1, -0.05) is 0 Å². The maximum absolute atomic E-state index is 12.3. The number of aromatic nitrogens is 2. The third-order valence-electron chi connectivity index (χ3n) is 4.60. The van der Waals surface area contributed by atoms with Crippen LogP contribution in [0.5, 0.6) is 0 Å². The van der Waals surface area contributed by atoms with Crippen LogP contribution in [0.15, 0.2) is 17.2 Å². The molecule has 2 heterocycles. The molecule has 0 spiro atoms. The Morgan fingerprint density at radius 2 is 2.33 bits per heavy atom. The Hall–Kier alpha value is -2.09. The quantitative estimate of drug-likeness (QED) is 0.701. The number of anilines is 1. The van der Waals surface area contributed by atoms with Crippen molar-refractivity contribution in [3.05, 3.63) is 22.7 Å². The van der Waals surface area contributed by atoms with Gasteiger partial charge in [-0.3, -0.25) is 4.79 Å². The first-order valence-electron chi connectivity index (χ1n) is 8.52. The SMILES string of the molecule is COCC(NC(=O)NC1CCCN(c2ncc[nH]c2=O)C1)C1CC1. The second kappa shape index (κ2) is 7.65. The van der Waals surface area contributed by atoms with Crippen LogP contribution in [0, 0.1) is 5.92 Å². The topological polar surface area (TPSA) is 99.3 Å². The van der Waals surface area contributed by atoms with E-state index >= 15 is 0 Å². The molecule has 1 aromatic heterocycles. The fourth-order valence-electron chi connectivity index (χ4n) is 3.23. The minimum atomic E-state index is -0.198. The van der Waals surface area contributed by atoms with Crippen LogP contribution in [0.4, 0.5) is 10.6 Å². The van der Waals surface area contributed by atoms with Gasteiger partial charge in [0.15, 0.2) is 5.82 Å². The average molecular weight is 335 g/mol. The van der Waals surface area contributed by atoms with E-state index in [-0.39, 0.29) is 23.7 Å². The molecule has 8 heteroatoms. The van der Waals surface area contributed by atoms with Gasteiger partial charge >= 0.3 is 6.03 Å². The summed E-state index contributed by atoms with van der Waals surface area (Å²) in [4.78, 5) is 32.9. The summed E-state index contributed by atoms with van der Waals surface area (Å²) in [5.74, 6) is 0.949. The van der Waals surface area contributed by atoms with E-state index < -0.39 is 0 Å². The van der Waals surface area contributed by atoms with Crippen molar-refractivity contribution in [2.45, 2.75) is 37.8 Å². The lowest BCUT2D eigenvalue weighted by Crippen LogP contribution is -2.54. The van der Waals surface area contributed by atoms with Gasteiger partial charge in [0.05, 0.1) is 12.6 Å². The molecule has 3 N–H and O–H groups in total. The number of carbonyl (C=O) groups is 1. The van der Waals surface area contributed by atoms with Gasteiger partial charge in [-0.05, 0) is 31.6 Å². The summed E-state index contributed by atoms with van der Waals surface area (Å²) in [6.07, 6.45) is 7.19. The van der Waals surface area contributed by atoms with Crippen LogP contribution in [0.2, 0.25) is 0 Å². The molecule has 2 fully saturated rings. The highest BCUT2D eigenvalue weighted by Gasteiger charge is 2.33. The molecule has 132 valence electrons. The summed E-state index contributed by atoms with van der Waals surface area (Å²) in [7, 11) is 1.65. The number of amides is 2. The van der Waals surface area contributed by atoms with Crippen LogP contribution < -0.4 is 21.1 Å². The number of piperidine rings is 1. The maximum atomic E-state index is 12.3. The van der Waals surface area contributed by atoms with E-state index in [1.807, 2.05) is 4.90 Å². The molecule has 0 aromatic carbocycles. The highest BCUT2D eigenvalue weighted by atomic mass is 16.5. The number of H-pyrrole nitrogens is 1. The minimum Gasteiger partial charge on any atom is -0.383 e. The van der Waals surface area contributed by atoms with E-state index in [0.29, 0.717) is 24.9 Å². The fourth-order valence-corrected chi connectivity index (χ4v) is 3.23. The summed E-state index contributed by atoms with van der Waals surface area (Å²) in [5.41, 5.74) is -0.198. The van der Waals surface area contributed by atoms with Crippen molar-refractivity contribution in [1.82, 2.24) is 20.6 Å². The monoisotopic (exact) mass is 335 g/mol. The molecule has 3 rings (SSSR count). The largest absolute Gasteiger partial charge is 0.383 e. The molecule has 2 unspecified atom stereocenters. The summed E-state index contributed by atoms with van der Waals surface area (Å²) in [5, 5.41) is 6.04. The van der Waals surface area contributed by atoms with Crippen molar-refractivity contribution in [3.63, 3.8) is 0 Å². The number of hydrogen-bond acceptors (Lipinski definition) is 5. The zero-order chi connectivity index (χ0) is 16.9. The molecule has 1 saturated heterocycles. The lowest BCUT2D eigenvalue weighted by molar-refractivity contribution is 0.156. The Morgan fingerprint density at radius 3 is 3.04 bits per heavy atom. The Bertz CT molecular complexity index is 616. The van der Waals surface area contributed by atoms with Crippen LogP contribution in [-0.2, 0) is 4.74 Å². The lowest BCUT2D eigenvalue weighted by Gasteiger charge is -2.33. The summed E-state index contributed by atoms with van der Waals surface area (Å²) >= 11 is 0. The number of rotatable bonds is 6. The van der Waals surface area contributed by atoms with Gasteiger partial charge in [-0.15, -0.1) is 0 Å². The predicted octanol–water partition coefficient (Wildman–Crippen LogP) is 0.463. The Balaban J connectivity index is 1.54. The van der Waals surface area contributed by atoms with Crippen molar-refractivity contribution in [2.75, 3.05) is 31.7 Å². The van der Waals surface area contributed by atoms with Crippen LogP contribution >= 0.6 is 0 Å². The second-order valence-corrected chi connectivity index (χ2v) is 6.54. The summed E-state index contributed by atoms with van der Waals surface area (Å²) in [6.45, 7) is 1.90. The van der Waals surface area contributed by atoms with Gasteiger partial charge in [0.25, 0.3) is 5.56 Å². The molecular weight excluding hydrogens is 310 g/mol. The van der Waals surface area contributed by atoms with E-state index in [0.717, 1.165) is 32.2 Å². The van der Waals surface area contributed by atoms with Gasteiger partial charge in [0.2, 0.25) is 0 Å². The zero-order valence-corrected chi connectivity index (χ0v) is 14.0. The Morgan fingerprint density at radius 1 is 1.50 bits per heavy atom. The number of aromatic amines is 1. The molecule has 1 saturated carbocycles. The summed E-state index contributed by atoms with van der Waals surface area (Å²) in [6, 6.07) is -0.0818. The summed E-state index contributed by atoms with van der Waals surface area (Å²) < 4.78 is 5.19. The van der Waals surface area contributed by atoms with Gasteiger partial charge in [0, 0.05) is 38.6 Å². The van der Waals surface area contributed by atoms with E-state index in [9.17, 15) is 9.59 Å². The van der Waals surface area contributed by atoms with Crippen molar-refractivity contribution in [2.24, 2.45) is 5.92 Å². The van der Waals surface area contributed by atoms with Crippen LogP contribution in [-0.4, -0.2) is 54.9 Å². The molecule has 1 aromatic rings. The smallest absolute Gasteiger partial charge is 0.315 e. The average Bonchev–Trinajstić information content (AvgIpc) is 3.40. The molecule has 2 aliphatic rings. The van der Waals surface area contributed by atoms with E-state index in [2.05, 4.69) is 20.6 Å². The Labute approximate surface area is 141 Å². The number of hydrogen-bond donors (Lipinski definition) is 3. The van der Waals surface area contributed by atoms with Gasteiger partial charge in [-0.25, -0.2) is 9.78 Å². The molecule has 2 atom stereocenters. The van der Waals surface area contributed by atoms with Gasteiger partial charge in [0.1, 0.15) is 0 Å². The fraction of sp³-hybridized carbons (Fsp3) is 0.688. The number of carbonyl (C=O) groups excluding carboxylic acids is 1. The Kier molecular flexibility index (Phi) is 5.34. The van der Waals surface area contributed by atoms with Crippen molar-refractivity contribution >= 4 is 11.8 Å². The molecule has 24 heavy (non-hydrogen) atoms. The van der Waals surface area contributed by atoms with Crippen LogP contribution in [0.25, 0.3) is 0 Å². The second-order valence-electron chi connectivity index (χ2n) is 6.54. The van der Waals surface area contributed by atoms with Crippen LogP contribution in [0.3, 0.4) is 0 Å². The minimum absolute atomic E-state index is 0.00236. The number of nitrogens with one attached hydrogen (secondary N) is 3. The molecular formula is C16H25N5O3. The lowest BCUT2D eigenvalue weighted by atomic mass is 10.1. The molecule has 1 aliphatic carbocycles. The third-order valence-corrected chi connectivity index (χ3v) is 4.60. The first-order chi connectivity index (χ1) is 11.7. The van der Waals surface area contributed by atoms with E-state index in [4.69, 9.17) is 4.74 Å². The zero-order valence-electron chi connectivity index (χ0n) is 14.0. The molecule has 1 aliphatic heterocycles. The van der Waals surface area contributed by atoms with E-state index in [1.165, 1.54) is 6.20 Å². The molecule has 8 nitrogen and oxygen atoms in total. The standard InChI is InChI=1S/C16H25N5O3/c1-24-10-13(11-4-5-11)20-16(23)19-12-3-2-8-21(9-12)14-15(22)18-7-6-17-14/h6-7,11-13H,2-5,8-10H2,1H3,(H,18,22)(H2,19,20,23). The first-order valence-corrected chi connectivity index (χ1v) is 8.52. The predicted molar refractivity (Wildman–Crippen MR) is 90.1 cm³/mol. The highest BCUT2D eigenvalue weighted by Crippen LogP contribution is 2.32. The highest BCUT2D eigenvalue weighted by molar-refractivity contribution is 5.74. The maximum Gasteiger partial charge on any atom is 0.315 e. The third kappa shape index (κ3) is 4.25. The number of urea groups is 1. The number of methoxy groups -OCH3 is 1. The van der Waals surface area contributed by atoms with Crippen molar-refractivity contribution in [1.29, 1.82) is 0 Å². The normalized spacial score (nSPS) is 22.0. The van der Waals surface area contributed by atoms with Crippen LogP contribution in [0.1, 0.15) is 25.7 Å². The van der Waals surface area contributed by atoms with E-state index in [1.54, 1.807) is 13.3 Å². The van der Waals surface area contributed by atoms with Crippen molar-refractivity contribution < 1.29 is 9.53 Å². The number of nitrogens with zero attached hydrogens (tertiary/aromatic N) is 2. The number of ether oxygens (including phenoxy) is 1. The van der Waals surface area contributed by atoms with Crippen molar-refractivity contribution in [3.8, 4) is 0 Å². The molecule has 0 radical (unpaired) electrons.